The molecule has 0 spiro atoms. The summed E-state index contributed by atoms with van der Waals surface area (Å²) in [5, 5.41) is 10.00. The zero-order valence-electron chi connectivity index (χ0n) is 9.07. The normalized spacial score (nSPS) is 20.3. The highest BCUT2D eigenvalue weighted by atomic mass is 79.9. The second-order valence-corrected chi connectivity index (χ2v) is 4.54. The molecule has 90 valence electrons. The second kappa shape index (κ2) is 3.89. The van der Waals surface area contributed by atoms with Gasteiger partial charge in [-0.25, -0.2) is 0 Å². The molecule has 1 N–H and O–H groups in total. The third-order valence-corrected chi connectivity index (χ3v) is 3.61. The summed E-state index contributed by atoms with van der Waals surface area (Å²) in [6, 6.07) is 0. The molecule has 0 radical (unpaired) electrons. The summed E-state index contributed by atoms with van der Waals surface area (Å²) >= 11 is 3.44. The van der Waals surface area contributed by atoms with Gasteiger partial charge in [0.2, 0.25) is 12.5 Å². The summed E-state index contributed by atoms with van der Waals surface area (Å²) in [6.07, 6.45) is 1.03. The van der Waals surface area contributed by atoms with Gasteiger partial charge in [0.25, 0.3) is 0 Å². The van der Waals surface area contributed by atoms with Gasteiger partial charge in [-0.15, -0.1) is 0 Å². The van der Waals surface area contributed by atoms with E-state index < -0.39 is 6.10 Å². The minimum atomic E-state index is -0.659. The Morgan fingerprint density at radius 1 is 1.47 bits per heavy atom. The topological polar surface area (TPSA) is 60.3 Å². The maximum Gasteiger partial charge on any atom is 0.231 e. The fraction of sp³-hybridized carbons (Fsp3) is 0.364. The Kier molecular flexibility index (Phi) is 2.48. The van der Waals surface area contributed by atoms with Gasteiger partial charge in [0.05, 0.1) is 18.1 Å². The Labute approximate surface area is 106 Å². The van der Waals surface area contributed by atoms with Gasteiger partial charge in [-0.3, -0.25) is 4.99 Å². The lowest BCUT2D eigenvalue weighted by molar-refractivity contribution is 0.170. The molecule has 0 unspecified atom stereocenters. The molecular weight excluding hydrogens is 290 g/mol. The molecule has 2 heterocycles. The summed E-state index contributed by atoms with van der Waals surface area (Å²) in [5.74, 6) is 1.69. The van der Waals surface area contributed by atoms with Gasteiger partial charge in [0.1, 0.15) is 6.10 Å². The molecule has 0 saturated heterocycles. The van der Waals surface area contributed by atoms with Crippen molar-refractivity contribution in [3.05, 3.63) is 15.6 Å². The quantitative estimate of drug-likeness (QED) is 0.857. The zero-order chi connectivity index (χ0) is 12.0. The Morgan fingerprint density at radius 2 is 2.24 bits per heavy atom. The molecule has 0 aliphatic carbocycles. The van der Waals surface area contributed by atoms with E-state index in [-0.39, 0.29) is 6.79 Å². The van der Waals surface area contributed by atoms with Crippen LogP contribution >= 0.6 is 15.9 Å². The van der Waals surface area contributed by atoms with Crippen molar-refractivity contribution >= 4 is 22.1 Å². The number of nitrogens with zero attached hydrogens (tertiary/aromatic N) is 1. The van der Waals surface area contributed by atoms with Crippen LogP contribution in [0.15, 0.2) is 9.47 Å². The van der Waals surface area contributed by atoms with Crippen LogP contribution in [0.1, 0.15) is 17.2 Å². The van der Waals surface area contributed by atoms with E-state index in [0.29, 0.717) is 28.3 Å². The fourth-order valence-electron chi connectivity index (χ4n) is 2.09. The number of rotatable bonds is 1. The molecule has 0 aromatic heterocycles. The first-order valence-electron chi connectivity index (χ1n) is 5.11. The number of hydrogen-bond acceptors (Lipinski definition) is 5. The van der Waals surface area contributed by atoms with Crippen molar-refractivity contribution in [1.29, 1.82) is 0 Å². The SMILES string of the molecule is COc1c2c(c(Br)c3c1OCO3)[C@@H](O)CN=C2. The van der Waals surface area contributed by atoms with Crippen LogP contribution < -0.4 is 14.2 Å². The van der Waals surface area contributed by atoms with Gasteiger partial charge in [0, 0.05) is 17.3 Å². The number of halogens is 1. The van der Waals surface area contributed by atoms with E-state index in [9.17, 15) is 5.11 Å². The van der Waals surface area contributed by atoms with E-state index in [1.54, 1.807) is 13.3 Å². The largest absolute Gasteiger partial charge is 0.492 e. The number of fused-ring (bicyclic) bond motifs is 2. The van der Waals surface area contributed by atoms with Crippen molar-refractivity contribution in [2.24, 2.45) is 4.99 Å². The predicted octanol–water partition coefficient (Wildman–Crippen LogP) is 1.65. The first-order valence-corrected chi connectivity index (χ1v) is 5.90. The molecule has 0 fully saturated rings. The van der Waals surface area contributed by atoms with Crippen LogP contribution in [0, 0.1) is 0 Å². The first kappa shape index (κ1) is 10.9. The van der Waals surface area contributed by atoms with Crippen molar-refractivity contribution in [2.75, 3.05) is 20.4 Å². The summed E-state index contributed by atoms with van der Waals surface area (Å²) in [6.45, 7) is 0.495. The van der Waals surface area contributed by atoms with Gasteiger partial charge in [-0.2, -0.15) is 0 Å². The summed E-state index contributed by atoms with van der Waals surface area (Å²) in [5.41, 5.74) is 1.48. The van der Waals surface area contributed by atoms with Crippen LogP contribution in [0.5, 0.6) is 17.2 Å². The summed E-state index contributed by atoms with van der Waals surface area (Å²) < 4.78 is 16.8. The maximum absolute atomic E-state index is 10.00. The van der Waals surface area contributed by atoms with Gasteiger partial charge < -0.3 is 19.3 Å². The number of benzene rings is 1. The van der Waals surface area contributed by atoms with Gasteiger partial charge in [-0.05, 0) is 15.9 Å². The van der Waals surface area contributed by atoms with Crippen LogP contribution in [-0.4, -0.2) is 31.8 Å². The minimum absolute atomic E-state index is 0.153. The van der Waals surface area contributed by atoms with E-state index in [4.69, 9.17) is 14.2 Å². The van der Waals surface area contributed by atoms with E-state index in [0.717, 1.165) is 11.1 Å². The molecule has 1 atom stereocenters. The Morgan fingerprint density at radius 3 is 3.00 bits per heavy atom. The van der Waals surface area contributed by atoms with E-state index in [1.165, 1.54) is 0 Å². The molecule has 0 saturated carbocycles. The minimum Gasteiger partial charge on any atom is -0.492 e. The average Bonchev–Trinajstić information content (AvgIpc) is 2.79. The van der Waals surface area contributed by atoms with E-state index in [1.807, 2.05) is 0 Å². The predicted molar refractivity (Wildman–Crippen MR) is 64.2 cm³/mol. The molecule has 1 aromatic carbocycles. The monoisotopic (exact) mass is 299 g/mol. The van der Waals surface area contributed by atoms with Crippen molar-refractivity contribution in [2.45, 2.75) is 6.10 Å². The average molecular weight is 300 g/mol. The fourth-order valence-corrected chi connectivity index (χ4v) is 2.86. The van der Waals surface area contributed by atoms with Crippen LogP contribution in [-0.2, 0) is 0 Å². The van der Waals surface area contributed by atoms with Crippen molar-refractivity contribution < 1.29 is 19.3 Å². The van der Waals surface area contributed by atoms with Gasteiger partial charge >= 0.3 is 0 Å². The van der Waals surface area contributed by atoms with E-state index >= 15 is 0 Å². The molecule has 17 heavy (non-hydrogen) atoms. The number of hydrogen-bond donors (Lipinski definition) is 1. The molecule has 0 amide bonds. The molecule has 1 aromatic rings. The molecule has 0 bridgehead atoms. The number of ether oxygens (including phenoxy) is 3. The lowest BCUT2D eigenvalue weighted by Crippen LogP contribution is -2.13. The Bertz CT molecular complexity index is 515. The highest BCUT2D eigenvalue weighted by Gasteiger charge is 2.32. The smallest absolute Gasteiger partial charge is 0.231 e. The number of aliphatic hydroxyl groups excluding tert-OH is 1. The van der Waals surface area contributed by atoms with Gasteiger partial charge in [-0.1, -0.05) is 0 Å². The third kappa shape index (κ3) is 1.44. The standard InChI is InChI=1S/C11H10BrNO4/c1-15-9-5-2-13-3-6(14)7(5)8(12)10-11(9)17-4-16-10/h2,6,14H,3-4H2,1H3/t6-/m0/s1. The number of aliphatic hydroxyl groups is 1. The lowest BCUT2D eigenvalue weighted by Gasteiger charge is -2.21. The van der Waals surface area contributed by atoms with Crippen LogP contribution in [0.3, 0.4) is 0 Å². The van der Waals surface area contributed by atoms with Crippen LogP contribution in [0.4, 0.5) is 0 Å². The molecule has 5 nitrogen and oxygen atoms in total. The second-order valence-electron chi connectivity index (χ2n) is 3.75. The van der Waals surface area contributed by atoms with E-state index in [2.05, 4.69) is 20.9 Å². The Hall–Kier alpha value is -1.27. The van der Waals surface area contributed by atoms with Crippen molar-refractivity contribution in [3.8, 4) is 17.2 Å². The molecule has 2 aliphatic heterocycles. The number of aliphatic imine (C=N–C) groups is 1. The molecule has 3 rings (SSSR count). The van der Waals surface area contributed by atoms with Crippen molar-refractivity contribution in [1.82, 2.24) is 0 Å². The van der Waals surface area contributed by atoms with Crippen LogP contribution in [0.2, 0.25) is 0 Å². The summed E-state index contributed by atoms with van der Waals surface area (Å²) in [7, 11) is 1.56. The lowest BCUT2D eigenvalue weighted by atomic mass is 9.98. The molecule has 6 heteroatoms. The van der Waals surface area contributed by atoms with Gasteiger partial charge in [0.15, 0.2) is 11.5 Å². The molecule has 2 aliphatic rings. The van der Waals surface area contributed by atoms with Crippen LogP contribution in [0.25, 0.3) is 0 Å². The number of methoxy groups -OCH3 is 1. The maximum atomic E-state index is 10.00. The zero-order valence-corrected chi connectivity index (χ0v) is 10.7. The first-order chi connectivity index (χ1) is 8.24. The van der Waals surface area contributed by atoms with Crippen molar-refractivity contribution in [3.63, 3.8) is 0 Å². The highest BCUT2D eigenvalue weighted by molar-refractivity contribution is 9.10. The molecular formula is C11H10BrNO4. The summed E-state index contributed by atoms with van der Waals surface area (Å²) in [4.78, 5) is 4.10. The highest BCUT2D eigenvalue weighted by Crippen LogP contribution is 2.51. The Balaban J connectivity index is 2.34. The third-order valence-electron chi connectivity index (χ3n) is 2.83.